The van der Waals surface area contributed by atoms with E-state index in [2.05, 4.69) is 10.6 Å². The Morgan fingerprint density at radius 1 is 1.09 bits per heavy atom. The van der Waals surface area contributed by atoms with Crippen LogP contribution in [0, 0.1) is 0 Å². The van der Waals surface area contributed by atoms with Gasteiger partial charge in [-0.2, -0.15) is 0 Å². The monoisotopic (exact) mass is 433 g/mol. The summed E-state index contributed by atoms with van der Waals surface area (Å²) in [4.78, 5) is 40.0. The number of carbonyl (C=O) groups is 3. The van der Waals surface area contributed by atoms with Crippen molar-refractivity contribution < 1.29 is 19.1 Å². The molecule has 4 N–H and O–H groups in total. The Labute approximate surface area is 187 Å². The number of nitrogens with one attached hydrogen (secondary N) is 2. The largest absolute Gasteiger partial charge is 0.445 e. The van der Waals surface area contributed by atoms with E-state index < -0.39 is 29.4 Å². The Kier molecular flexibility index (Phi) is 6.48. The summed E-state index contributed by atoms with van der Waals surface area (Å²) in [7, 11) is 0. The number of rotatable bonds is 7. The third-order valence-electron chi connectivity index (χ3n) is 6.20. The number of carbonyl (C=O) groups excluding carboxylic acids is 3. The molecule has 1 fully saturated rings. The molecule has 1 aliphatic heterocycles. The SMILES string of the molecule is NCC(=O)C1(C(=O)[C@@H]2CCCN2)c2ccccc2C=CC1NC(=O)OCc1ccccc1. The molecule has 1 heterocycles. The Balaban J connectivity index is 1.68. The van der Waals surface area contributed by atoms with E-state index >= 15 is 0 Å². The average Bonchev–Trinajstić information content (AvgIpc) is 3.37. The quantitative estimate of drug-likeness (QED) is 0.577. The van der Waals surface area contributed by atoms with Gasteiger partial charge in [-0.3, -0.25) is 9.59 Å². The molecule has 0 aromatic heterocycles. The summed E-state index contributed by atoms with van der Waals surface area (Å²) in [5.74, 6) is -0.697. The summed E-state index contributed by atoms with van der Waals surface area (Å²) in [5.41, 5.74) is 6.36. The number of hydrogen-bond acceptors (Lipinski definition) is 6. The summed E-state index contributed by atoms with van der Waals surface area (Å²) in [6.45, 7) is 0.464. The predicted molar refractivity (Wildman–Crippen MR) is 121 cm³/mol. The van der Waals surface area contributed by atoms with Crippen LogP contribution in [0.3, 0.4) is 0 Å². The average molecular weight is 434 g/mol. The molecule has 0 radical (unpaired) electrons. The van der Waals surface area contributed by atoms with Gasteiger partial charge >= 0.3 is 6.09 Å². The molecule has 1 saturated heterocycles. The van der Waals surface area contributed by atoms with Crippen LogP contribution >= 0.6 is 0 Å². The van der Waals surface area contributed by atoms with Crippen molar-refractivity contribution in [1.82, 2.24) is 10.6 Å². The molecule has 3 atom stereocenters. The maximum atomic E-state index is 13.9. The standard InChI is InChI=1S/C25H27N3O4/c26-15-22(29)25(23(30)20-11-6-14-27-20)19-10-5-4-9-18(19)12-13-21(25)28-24(31)32-16-17-7-2-1-3-8-17/h1-5,7-10,12-13,20-21,27H,6,11,14-16,26H2,(H,28,31)/t20-,21?,25?/m0/s1. The van der Waals surface area contributed by atoms with Crippen molar-refractivity contribution in [3.8, 4) is 0 Å². The Hall–Kier alpha value is -3.29. The smallest absolute Gasteiger partial charge is 0.407 e. The zero-order chi connectivity index (χ0) is 22.6. The predicted octanol–water partition coefficient (Wildman–Crippen LogP) is 2.10. The molecular weight excluding hydrogens is 406 g/mol. The number of amides is 1. The minimum atomic E-state index is -1.62. The highest BCUT2D eigenvalue weighted by Crippen LogP contribution is 2.39. The Morgan fingerprint density at radius 2 is 1.84 bits per heavy atom. The maximum Gasteiger partial charge on any atom is 0.407 e. The van der Waals surface area contributed by atoms with E-state index in [1.165, 1.54) is 0 Å². The van der Waals surface area contributed by atoms with Gasteiger partial charge in [0.25, 0.3) is 0 Å². The van der Waals surface area contributed by atoms with Gasteiger partial charge in [-0.15, -0.1) is 0 Å². The summed E-state index contributed by atoms with van der Waals surface area (Å²) in [6.07, 6.45) is 4.28. The lowest BCUT2D eigenvalue weighted by atomic mass is 9.62. The van der Waals surface area contributed by atoms with E-state index in [0.717, 1.165) is 17.5 Å². The van der Waals surface area contributed by atoms with E-state index in [0.29, 0.717) is 18.5 Å². The molecule has 1 aliphatic carbocycles. The zero-order valence-electron chi connectivity index (χ0n) is 17.8. The van der Waals surface area contributed by atoms with Crippen LogP contribution in [-0.2, 0) is 26.3 Å². The third kappa shape index (κ3) is 3.97. The molecule has 2 aromatic carbocycles. The van der Waals surface area contributed by atoms with Gasteiger partial charge in [0.05, 0.1) is 18.6 Å². The fraction of sp³-hybridized carbons (Fsp3) is 0.320. The topological polar surface area (TPSA) is 111 Å². The van der Waals surface area contributed by atoms with Crippen LogP contribution in [0.1, 0.15) is 29.5 Å². The molecule has 2 aromatic rings. The van der Waals surface area contributed by atoms with E-state index in [1.54, 1.807) is 18.2 Å². The second-order valence-electron chi connectivity index (χ2n) is 8.08. The molecule has 0 bridgehead atoms. The van der Waals surface area contributed by atoms with Crippen molar-refractivity contribution in [2.45, 2.75) is 36.9 Å². The molecule has 32 heavy (non-hydrogen) atoms. The molecule has 2 unspecified atom stereocenters. The fourth-order valence-electron chi connectivity index (χ4n) is 4.65. The molecule has 1 amide bonds. The van der Waals surface area contributed by atoms with Crippen LogP contribution in [0.25, 0.3) is 6.08 Å². The van der Waals surface area contributed by atoms with Gasteiger partial charge in [0.15, 0.2) is 11.6 Å². The third-order valence-corrected chi connectivity index (χ3v) is 6.20. The minimum absolute atomic E-state index is 0.0790. The number of alkyl carbamates (subject to hydrolysis) is 1. The van der Waals surface area contributed by atoms with E-state index in [1.807, 2.05) is 48.5 Å². The molecule has 0 spiro atoms. The highest BCUT2D eigenvalue weighted by Gasteiger charge is 2.56. The van der Waals surface area contributed by atoms with Crippen molar-refractivity contribution in [1.29, 1.82) is 0 Å². The van der Waals surface area contributed by atoms with Gasteiger partial charge in [0.2, 0.25) is 0 Å². The molecule has 7 nitrogen and oxygen atoms in total. The Bertz CT molecular complexity index is 1030. The van der Waals surface area contributed by atoms with Crippen molar-refractivity contribution in [3.63, 3.8) is 0 Å². The number of benzene rings is 2. The number of nitrogens with two attached hydrogens (primary N) is 1. The van der Waals surface area contributed by atoms with Crippen molar-refractivity contribution in [2.75, 3.05) is 13.1 Å². The maximum absolute atomic E-state index is 13.9. The van der Waals surface area contributed by atoms with Gasteiger partial charge in [-0.05, 0) is 36.1 Å². The number of Topliss-reactive ketones (excluding diaryl/α,β-unsaturated/α-hetero) is 2. The number of ketones is 2. The second kappa shape index (κ2) is 9.46. The Morgan fingerprint density at radius 3 is 2.56 bits per heavy atom. The number of fused-ring (bicyclic) bond motifs is 1. The zero-order valence-corrected chi connectivity index (χ0v) is 17.8. The first kappa shape index (κ1) is 21.9. The normalized spacial score (nSPS) is 23.9. The van der Waals surface area contributed by atoms with Crippen molar-refractivity contribution >= 4 is 23.7 Å². The van der Waals surface area contributed by atoms with E-state index in [9.17, 15) is 14.4 Å². The lowest BCUT2D eigenvalue weighted by Crippen LogP contribution is -2.64. The molecule has 2 aliphatic rings. The van der Waals surface area contributed by atoms with Crippen LogP contribution in [-0.4, -0.2) is 42.8 Å². The van der Waals surface area contributed by atoms with Gasteiger partial charge in [-0.25, -0.2) is 4.79 Å². The fourth-order valence-corrected chi connectivity index (χ4v) is 4.65. The van der Waals surface area contributed by atoms with Crippen LogP contribution in [0.5, 0.6) is 0 Å². The molecular formula is C25H27N3O4. The highest BCUT2D eigenvalue weighted by atomic mass is 16.5. The first-order chi connectivity index (χ1) is 15.6. The van der Waals surface area contributed by atoms with Crippen LogP contribution in [0.15, 0.2) is 60.7 Å². The lowest BCUT2D eigenvalue weighted by molar-refractivity contribution is -0.136. The van der Waals surface area contributed by atoms with Crippen LogP contribution < -0.4 is 16.4 Å². The first-order valence-corrected chi connectivity index (χ1v) is 10.8. The summed E-state index contributed by atoms with van der Waals surface area (Å²) >= 11 is 0. The summed E-state index contributed by atoms with van der Waals surface area (Å²) in [6, 6.07) is 15.2. The van der Waals surface area contributed by atoms with Gasteiger partial charge in [0, 0.05) is 0 Å². The molecule has 4 rings (SSSR count). The minimum Gasteiger partial charge on any atom is -0.445 e. The second-order valence-corrected chi connectivity index (χ2v) is 8.08. The molecule has 166 valence electrons. The summed E-state index contributed by atoms with van der Waals surface area (Å²) in [5, 5.41) is 5.97. The molecule has 7 heteroatoms. The van der Waals surface area contributed by atoms with Gasteiger partial charge in [-0.1, -0.05) is 66.7 Å². The number of hydrogen-bond donors (Lipinski definition) is 3. The van der Waals surface area contributed by atoms with Crippen molar-refractivity contribution in [3.05, 3.63) is 77.4 Å². The van der Waals surface area contributed by atoms with E-state index in [-0.39, 0.29) is 18.9 Å². The summed E-state index contributed by atoms with van der Waals surface area (Å²) < 4.78 is 5.38. The number of ether oxygens (including phenoxy) is 1. The van der Waals surface area contributed by atoms with Gasteiger partial charge < -0.3 is 21.1 Å². The van der Waals surface area contributed by atoms with Gasteiger partial charge in [0.1, 0.15) is 12.0 Å². The first-order valence-electron chi connectivity index (χ1n) is 10.8. The highest BCUT2D eigenvalue weighted by molar-refractivity contribution is 6.17. The van der Waals surface area contributed by atoms with E-state index in [4.69, 9.17) is 10.5 Å². The lowest BCUT2D eigenvalue weighted by Gasteiger charge is -2.41. The van der Waals surface area contributed by atoms with Crippen LogP contribution in [0.2, 0.25) is 0 Å². The molecule has 0 saturated carbocycles. The van der Waals surface area contributed by atoms with Crippen LogP contribution in [0.4, 0.5) is 4.79 Å². The van der Waals surface area contributed by atoms with Crippen molar-refractivity contribution in [2.24, 2.45) is 5.73 Å².